The number of hydrogen-bond donors (Lipinski definition) is 0. The number of hydrogen-bond acceptors (Lipinski definition) is 1. The predicted octanol–water partition coefficient (Wildman–Crippen LogP) is 6.19. The summed E-state index contributed by atoms with van der Waals surface area (Å²) in [5, 5.41) is 0. The third-order valence-electron chi connectivity index (χ3n) is 3.78. The Morgan fingerprint density at radius 1 is 1.00 bits per heavy atom. The zero-order valence-corrected chi connectivity index (χ0v) is 15.1. The topological polar surface area (TPSA) is 3.24 Å². The van der Waals surface area contributed by atoms with Crippen molar-refractivity contribution in [1.29, 1.82) is 0 Å². The van der Waals surface area contributed by atoms with Gasteiger partial charge in [-0.3, -0.25) is 4.90 Å². The molecule has 21 heavy (non-hydrogen) atoms. The van der Waals surface area contributed by atoms with Crippen molar-refractivity contribution < 1.29 is 0 Å². The zero-order chi connectivity index (χ0) is 15.3. The Hall–Kier alpha value is -0.600. The highest BCUT2D eigenvalue weighted by Gasteiger charge is 2.04. The number of rotatable bonds is 12. The van der Waals surface area contributed by atoms with Crippen LogP contribution < -0.4 is 0 Å². The van der Waals surface area contributed by atoms with Gasteiger partial charge in [0.1, 0.15) is 0 Å². The summed E-state index contributed by atoms with van der Waals surface area (Å²) in [7, 11) is 0. The molecule has 0 saturated carbocycles. The van der Waals surface area contributed by atoms with Gasteiger partial charge in [-0.05, 0) is 30.7 Å². The van der Waals surface area contributed by atoms with Crippen molar-refractivity contribution in [3.05, 3.63) is 47.0 Å². The molecule has 1 aromatic carbocycles. The molecule has 0 bridgehead atoms. The van der Waals surface area contributed by atoms with Gasteiger partial charge in [-0.15, -0.1) is 6.58 Å². The minimum absolute atomic E-state index is 0.978. The lowest BCUT2D eigenvalue weighted by atomic mass is 10.1. The van der Waals surface area contributed by atoms with E-state index in [2.05, 4.69) is 58.6 Å². The van der Waals surface area contributed by atoms with Gasteiger partial charge in [0, 0.05) is 17.6 Å². The summed E-state index contributed by atoms with van der Waals surface area (Å²) in [6.45, 7) is 9.34. The van der Waals surface area contributed by atoms with Crippen LogP contribution in [0, 0.1) is 0 Å². The first-order valence-corrected chi connectivity index (χ1v) is 9.13. The highest BCUT2D eigenvalue weighted by atomic mass is 79.9. The Bertz CT molecular complexity index is 372. The van der Waals surface area contributed by atoms with Gasteiger partial charge in [-0.2, -0.15) is 0 Å². The van der Waals surface area contributed by atoms with E-state index in [1.165, 1.54) is 57.1 Å². The maximum Gasteiger partial charge on any atom is 0.0237 e. The smallest absolute Gasteiger partial charge is 0.0237 e. The fourth-order valence-electron chi connectivity index (χ4n) is 2.56. The molecule has 2 heteroatoms. The molecule has 0 unspecified atom stereocenters. The molecule has 0 atom stereocenters. The van der Waals surface area contributed by atoms with E-state index in [9.17, 15) is 0 Å². The molecule has 1 aromatic rings. The Labute approximate surface area is 139 Å². The Morgan fingerprint density at radius 3 is 2.24 bits per heavy atom. The Balaban J connectivity index is 2.23. The van der Waals surface area contributed by atoms with Gasteiger partial charge in [0.2, 0.25) is 0 Å². The van der Waals surface area contributed by atoms with Crippen LogP contribution >= 0.6 is 15.9 Å². The van der Waals surface area contributed by atoms with Gasteiger partial charge in [-0.25, -0.2) is 0 Å². The van der Waals surface area contributed by atoms with Crippen LogP contribution in [-0.4, -0.2) is 18.0 Å². The average molecular weight is 352 g/mol. The van der Waals surface area contributed by atoms with E-state index in [-0.39, 0.29) is 0 Å². The fourth-order valence-corrected chi connectivity index (χ4v) is 2.82. The summed E-state index contributed by atoms with van der Waals surface area (Å²) in [5.41, 5.74) is 1.38. The summed E-state index contributed by atoms with van der Waals surface area (Å²) >= 11 is 3.49. The van der Waals surface area contributed by atoms with E-state index in [4.69, 9.17) is 0 Å². The summed E-state index contributed by atoms with van der Waals surface area (Å²) in [4.78, 5) is 2.49. The van der Waals surface area contributed by atoms with Crippen LogP contribution in [0.5, 0.6) is 0 Å². The molecule has 0 radical (unpaired) electrons. The second-order valence-electron chi connectivity index (χ2n) is 5.77. The molecule has 0 aromatic heterocycles. The van der Waals surface area contributed by atoms with Crippen LogP contribution in [0.1, 0.15) is 57.4 Å². The minimum atomic E-state index is 0.978. The molecule has 0 spiro atoms. The first-order chi connectivity index (χ1) is 10.3. The van der Waals surface area contributed by atoms with Crippen molar-refractivity contribution in [1.82, 2.24) is 4.90 Å². The van der Waals surface area contributed by atoms with Gasteiger partial charge < -0.3 is 0 Å². The van der Waals surface area contributed by atoms with E-state index < -0.39 is 0 Å². The Kier molecular flexibility index (Phi) is 10.5. The van der Waals surface area contributed by atoms with Gasteiger partial charge in [0.05, 0.1) is 0 Å². The fraction of sp³-hybridized carbons (Fsp3) is 0.579. The molecule has 1 rings (SSSR count). The number of unbranched alkanes of at least 4 members (excludes halogenated alkanes) is 6. The normalized spacial score (nSPS) is 11.0. The van der Waals surface area contributed by atoms with E-state index in [1.54, 1.807) is 0 Å². The highest BCUT2D eigenvalue weighted by Crippen LogP contribution is 2.13. The first kappa shape index (κ1) is 18.4. The lowest BCUT2D eigenvalue weighted by Crippen LogP contribution is -2.24. The molecule has 118 valence electrons. The monoisotopic (exact) mass is 351 g/mol. The second-order valence-corrected chi connectivity index (χ2v) is 6.69. The van der Waals surface area contributed by atoms with Crippen LogP contribution in [0.3, 0.4) is 0 Å². The van der Waals surface area contributed by atoms with Crippen LogP contribution in [-0.2, 0) is 6.54 Å². The number of halogens is 1. The predicted molar refractivity (Wildman–Crippen MR) is 97.6 cm³/mol. The van der Waals surface area contributed by atoms with E-state index in [1.807, 2.05) is 6.08 Å². The lowest BCUT2D eigenvalue weighted by Gasteiger charge is -2.20. The van der Waals surface area contributed by atoms with Gasteiger partial charge in [0.25, 0.3) is 0 Å². The van der Waals surface area contributed by atoms with Crippen molar-refractivity contribution in [3.63, 3.8) is 0 Å². The van der Waals surface area contributed by atoms with E-state index in [0.717, 1.165) is 17.6 Å². The quantitative estimate of drug-likeness (QED) is 0.320. The molecule has 0 aliphatic heterocycles. The molecule has 1 nitrogen and oxygen atoms in total. The molecule has 0 saturated heterocycles. The van der Waals surface area contributed by atoms with Crippen LogP contribution in [0.25, 0.3) is 0 Å². The molecule has 0 aliphatic carbocycles. The molecule has 0 fully saturated rings. The molecule has 0 aliphatic rings. The average Bonchev–Trinajstić information content (AvgIpc) is 2.49. The van der Waals surface area contributed by atoms with Crippen molar-refractivity contribution >= 4 is 15.9 Å². The minimum Gasteiger partial charge on any atom is -0.295 e. The van der Waals surface area contributed by atoms with E-state index >= 15 is 0 Å². The third-order valence-corrected chi connectivity index (χ3v) is 4.31. The molecule has 0 N–H and O–H groups in total. The third kappa shape index (κ3) is 9.10. The van der Waals surface area contributed by atoms with Crippen molar-refractivity contribution in [2.45, 2.75) is 58.4 Å². The second kappa shape index (κ2) is 12.0. The summed E-state index contributed by atoms with van der Waals surface area (Å²) in [5.74, 6) is 0. The summed E-state index contributed by atoms with van der Waals surface area (Å²) in [6.07, 6.45) is 11.6. The number of nitrogens with zero attached hydrogens (tertiary/aromatic N) is 1. The number of benzene rings is 1. The summed E-state index contributed by atoms with van der Waals surface area (Å²) < 4.78 is 1.15. The van der Waals surface area contributed by atoms with Gasteiger partial charge >= 0.3 is 0 Å². The molecule has 0 amide bonds. The maximum atomic E-state index is 3.89. The molecular formula is C19H30BrN. The van der Waals surface area contributed by atoms with Crippen LogP contribution in [0.2, 0.25) is 0 Å². The zero-order valence-electron chi connectivity index (χ0n) is 13.5. The highest BCUT2D eigenvalue weighted by molar-refractivity contribution is 9.10. The van der Waals surface area contributed by atoms with E-state index in [0.29, 0.717) is 0 Å². The Morgan fingerprint density at radius 2 is 1.62 bits per heavy atom. The van der Waals surface area contributed by atoms with Crippen LogP contribution in [0.4, 0.5) is 0 Å². The van der Waals surface area contributed by atoms with Crippen molar-refractivity contribution in [2.24, 2.45) is 0 Å². The van der Waals surface area contributed by atoms with Crippen LogP contribution in [0.15, 0.2) is 41.4 Å². The molecular weight excluding hydrogens is 322 g/mol. The lowest BCUT2D eigenvalue weighted by molar-refractivity contribution is 0.286. The SMILES string of the molecule is C=CCN(CCCCCCCCC)Cc1ccc(Br)cc1. The molecule has 0 heterocycles. The van der Waals surface area contributed by atoms with Gasteiger partial charge in [-0.1, -0.05) is 79.6 Å². The van der Waals surface area contributed by atoms with Crippen molar-refractivity contribution in [2.75, 3.05) is 13.1 Å². The summed E-state index contributed by atoms with van der Waals surface area (Å²) in [6, 6.07) is 8.64. The maximum absolute atomic E-state index is 3.89. The largest absolute Gasteiger partial charge is 0.295 e. The standard InChI is InChI=1S/C19H30BrN/c1-3-5-6-7-8-9-10-16-21(15-4-2)17-18-11-13-19(20)14-12-18/h4,11-14H,2-3,5-10,15-17H2,1H3. The first-order valence-electron chi connectivity index (χ1n) is 8.34. The van der Waals surface area contributed by atoms with Gasteiger partial charge in [0.15, 0.2) is 0 Å². The van der Waals surface area contributed by atoms with Crippen molar-refractivity contribution in [3.8, 4) is 0 Å².